The number of nitrogens with zero attached hydrogens (tertiary/aromatic N) is 1. The SMILES string of the molecule is Cc1ccc(NC(=O)CN2C(=O)N[C@@H](c3ccc(Cl)cc3)C3=C2COC3=O)cc1. The van der Waals surface area contributed by atoms with Gasteiger partial charge in [-0.2, -0.15) is 0 Å². The van der Waals surface area contributed by atoms with Crippen LogP contribution in [-0.4, -0.2) is 36.0 Å². The van der Waals surface area contributed by atoms with Gasteiger partial charge in [-0.3, -0.25) is 9.69 Å². The molecule has 29 heavy (non-hydrogen) atoms. The van der Waals surface area contributed by atoms with Crippen LogP contribution in [0.2, 0.25) is 5.02 Å². The minimum Gasteiger partial charge on any atom is -0.456 e. The van der Waals surface area contributed by atoms with Crippen LogP contribution in [0.5, 0.6) is 0 Å². The summed E-state index contributed by atoms with van der Waals surface area (Å²) in [6.07, 6.45) is 0. The summed E-state index contributed by atoms with van der Waals surface area (Å²) in [4.78, 5) is 38.8. The third-order valence-corrected chi connectivity index (χ3v) is 5.09. The summed E-state index contributed by atoms with van der Waals surface area (Å²) in [6, 6.07) is 13.1. The van der Waals surface area contributed by atoms with Crippen molar-refractivity contribution in [1.29, 1.82) is 0 Å². The first-order valence-electron chi connectivity index (χ1n) is 9.02. The Hall–Kier alpha value is -3.32. The Labute approximate surface area is 172 Å². The number of aryl methyl sites for hydroxylation is 1. The van der Waals surface area contributed by atoms with E-state index in [4.69, 9.17) is 16.3 Å². The van der Waals surface area contributed by atoms with E-state index >= 15 is 0 Å². The van der Waals surface area contributed by atoms with E-state index < -0.39 is 18.0 Å². The minimum absolute atomic E-state index is 0.0521. The van der Waals surface area contributed by atoms with Crippen molar-refractivity contribution in [3.05, 3.63) is 76.0 Å². The Morgan fingerprint density at radius 1 is 1.17 bits per heavy atom. The highest BCUT2D eigenvalue weighted by atomic mass is 35.5. The average molecular weight is 412 g/mol. The Bertz CT molecular complexity index is 1020. The molecule has 2 aromatic carbocycles. The molecule has 8 heteroatoms. The zero-order chi connectivity index (χ0) is 20.5. The fourth-order valence-electron chi connectivity index (χ4n) is 3.36. The maximum absolute atomic E-state index is 12.7. The van der Waals surface area contributed by atoms with Crippen molar-refractivity contribution in [3.63, 3.8) is 0 Å². The Kier molecular flexibility index (Phi) is 4.98. The molecule has 0 unspecified atom stereocenters. The van der Waals surface area contributed by atoms with Gasteiger partial charge in [-0.25, -0.2) is 9.59 Å². The van der Waals surface area contributed by atoms with E-state index in [2.05, 4.69) is 10.6 Å². The summed E-state index contributed by atoms with van der Waals surface area (Å²) in [6.45, 7) is 1.66. The monoisotopic (exact) mass is 411 g/mol. The minimum atomic E-state index is -0.652. The van der Waals surface area contributed by atoms with Gasteiger partial charge in [-0.1, -0.05) is 41.4 Å². The molecule has 0 fully saturated rings. The van der Waals surface area contributed by atoms with Crippen LogP contribution in [-0.2, 0) is 14.3 Å². The third kappa shape index (κ3) is 3.82. The maximum Gasteiger partial charge on any atom is 0.338 e. The van der Waals surface area contributed by atoms with E-state index in [1.165, 1.54) is 4.90 Å². The van der Waals surface area contributed by atoms with Crippen LogP contribution in [0.3, 0.4) is 0 Å². The zero-order valence-electron chi connectivity index (χ0n) is 15.6. The lowest BCUT2D eigenvalue weighted by atomic mass is 9.96. The van der Waals surface area contributed by atoms with Gasteiger partial charge in [0.2, 0.25) is 5.91 Å². The van der Waals surface area contributed by atoms with Gasteiger partial charge in [0.15, 0.2) is 0 Å². The molecule has 0 radical (unpaired) electrons. The van der Waals surface area contributed by atoms with E-state index in [-0.39, 0.29) is 19.1 Å². The van der Waals surface area contributed by atoms with Crippen molar-refractivity contribution in [3.8, 4) is 0 Å². The Balaban J connectivity index is 1.58. The fraction of sp³-hybridized carbons (Fsp3) is 0.190. The fourth-order valence-corrected chi connectivity index (χ4v) is 3.49. The largest absolute Gasteiger partial charge is 0.456 e. The summed E-state index contributed by atoms with van der Waals surface area (Å²) in [5.41, 5.74) is 3.14. The second-order valence-electron chi connectivity index (χ2n) is 6.87. The molecule has 2 aromatic rings. The number of ether oxygens (including phenoxy) is 1. The maximum atomic E-state index is 12.7. The van der Waals surface area contributed by atoms with Gasteiger partial charge in [0.1, 0.15) is 13.2 Å². The quantitative estimate of drug-likeness (QED) is 0.756. The first kappa shape index (κ1) is 19.0. The van der Waals surface area contributed by atoms with Crippen LogP contribution in [0.25, 0.3) is 0 Å². The summed E-state index contributed by atoms with van der Waals surface area (Å²) < 4.78 is 5.16. The number of hydrogen-bond donors (Lipinski definition) is 2. The second kappa shape index (κ2) is 7.60. The number of benzene rings is 2. The first-order chi connectivity index (χ1) is 13.9. The molecule has 2 N–H and O–H groups in total. The lowest BCUT2D eigenvalue weighted by Crippen LogP contribution is -2.49. The van der Waals surface area contributed by atoms with Crippen LogP contribution in [0, 0.1) is 6.92 Å². The van der Waals surface area contributed by atoms with Crippen LogP contribution in [0.1, 0.15) is 17.2 Å². The molecule has 3 amide bonds. The highest BCUT2D eigenvalue weighted by Gasteiger charge is 2.42. The molecule has 7 nitrogen and oxygen atoms in total. The van der Waals surface area contributed by atoms with Gasteiger partial charge in [-0.15, -0.1) is 0 Å². The highest BCUT2D eigenvalue weighted by Crippen LogP contribution is 2.35. The molecular formula is C21H18ClN3O4. The predicted octanol–water partition coefficient (Wildman–Crippen LogP) is 3.16. The third-order valence-electron chi connectivity index (χ3n) is 4.84. The van der Waals surface area contributed by atoms with Gasteiger partial charge >= 0.3 is 12.0 Å². The number of hydrogen-bond acceptors (Lipinski definition) is 4. The molecule has 0 bridgehead atoms. The van der Waals surface area contributed by atoms with Crippen molar-refractivity contribution in [2.45, 2.75) is 13.0 Å². The Morgan fingerprint density at radius 2 is 1.86 bits per heavy atom. The van der Waals surface area contributed by atoms with Crippen molar-refractivity contribution in [2.24, 2.45) is 0 Å². The number of rotatable bonds is 4. The second-order valence-corrected chi connectivity index (χ2v) is 7.31. The molecule has 2 aliphatic rings. The van der Waals surface area contributed by atoms with Crippen LogP contribution in [0.15, 0.2) is 59.8 Å². The van der Waals surface area contributed by atoms with Gasteiger partial charge in [0.05, 0.1) is 17.3 Å². The van der Waals surface area contributed by atoms with Crippen molar-refractivity contribution >= 4 is 35.2 Å². The predicted molar refractivity (Wildman–Crippen MR) is 107 cm³/mol. The molecule has 2 aliphatic heterocycles. The normalized spacial score (nSPS) is 18.3. The van der Waals surface area contributed by atoms with E-state index in [1.54, 1.807) is 36.4 Å². The van der Waals surface area contributed by atoms with E-state index in [9.17, 15) is 14.4 Å². The first-order valence-corrected chi connectivity index (χ1v) is 9.40. The number of carbonyl (C=O) groups is 3. The van der Waals surface area contributed by atoms with Gasteiger partial charge in [0.25, 0.3) is 0 Å². The number of urea groups is 1. The zero-order valence-corrected chi connectivity index (χ0v) is 16.3. The highest BCUT2D eigenvalue weighted by molar-refractivity contribution is 6.30. The van der Waals surface area contributed by atoms with Gasteiger partial charge < -0.3 is 15.4 Å². The van der Waals surface area contributed by atoms with Gasteiger partial charge in [-0.05, 0) is 36.8 Å². The summed E-state index contributed by atoms with van der Waals surface area (Å²) in [7, 11) is 0. The molecule has 0 saturated carbocycles. The Morgan fingerprint density at radius 3 is 2.55 bits per heavy atom. The van der Waals surface area contributed by atoms with Crippen LogP contribution < -0.4 is 10.6 Å². The van der Waals surface area contributed by atoms with Crippen LogP contribution in [0.4, 0.5) is 10.5 Å². The standard InChI is InChI=1S/C21H18ClN3O4/c1-12-2-8-15(9-3-12)23-17(26)10-25-16-11-29-20(27)18(16)19(24-21(25)28)13-4-6-14(22)7-5-13/h2-9,19H,10-11H2,1H3,(H,23,26)(H,24,28)/t19-/m0/s1. The van der Waals surface area contributed by atoms with Gasteiger partial charge in [0, 0.05) is 10.7 Å². The van der Waals surface area contributed by atoms with Crippen molar-refractivity contribution < 1.29 is 19.1 Å². The van der Waals surface area contributed by atoms with E-state index in [1.807, 2.05) is 19.1 Å². The molecule has 148 valence electrons. The number of amides is 3. The van der Waals surface area contributed by atoms with E-state index in [0.29, 0.717) is 27.5 Å². The average Bonchev–Trinajstić information content (AvgIpc) is 3.08. The lowest BCUT2D eigenvalue weighted by Gasteiger charge is -2.32. The van der Waals surface area contributed by atoms with Crippen molar-refractivity contribution in [2.75, 3.05) is 18.5 Å². The molecule has 1 atom stereocenters. The molecule has 0 aliphatic carbocycles. The summed E-state index contributed by atoms with van der Waals surface area (Å²) in [5.74, 6) is -0.885. The molecule has 4 rings (SSSR count). The lowest BCUT2D eigenvalue weighted by molar-refractivity contribution is -0.136. The topological polar surface area (TPSA) is 87.7 Å². The number of halogens is 1. The number of anilines is 1. The summed E-state index contributed by atoms with van der Waals surface area (Å²) >= 11 is 5.93. The summed E-state index contributed by atoms with van der Waals surface area (Å²) in [5, 5.41) is 6.09. The molecular weight excluding hydrogens is 394 g/mol. The number of nitrogens with one attached hydrogen (secondary N) is 2. The molecule has 0 spiro atoms. The van der Waals surface area contributed by atoms with Crippen molar-refractivity contribution in [1.82, 2.24) is 10.2 Å². The number of esters is 1. The number of cyclic esters (lactones) is 1. The number of carbonyl (C=O) groups excluding carboxylic acids is 3. The van der Waals surface area contributed by atoms with E-state index in [0.717, 1.165) is 5.56 Å². The molecule has 0 saturated heterocycles. The van der Waals surface area contributed by atoms with Crippen LogP contribution >= 0.6 is 11.6 Å². The molecule has 0 aromatic heterocycles. The molecule has 2 heterocycles. The smallest absolute Gasteiger partial charge is 0.338 e.